The zero-order valence-corrected chi connectivity index (χ0v) is 8.50. The SMILES string of the molecule is N#Cc1ccc2c3c([nH]c2c1)CCNC3=O. The summed E-state index contributed by atoms with van der Waals surface area (Å²) in [5, 5.41) is 12.5. The highest BCUT2D eigenvalue weighted by molar-refractivity contribution is 6.09. The second-order valence-electron chi connectivity index (χ2n) is 3.86. The summed E-state index contributed by atoms with van der Waals surface area (Å²) in [4.78, 5) is 14.9. The molecular formula is C12H9N3O. The van der Waals surface area contributed by atoms with Gasteiger partial charge in [-0.15, -0.1) is 0 Å². The molecule has 0 aliphatic carbocycles. The van der Waals surface area contributed by atoms with Gasteiger partial charge < -0.3 is 10.3 Å². The first-order valence-electron chi connectivity index (χ1n) is 5.12. The van der Waals surface area contributed by atoms with E-state index in [0.717, 1.165) is 28.6 Å². The van der Waals surface area contributed by atoms with Crippen LogP contribution in [0.4, 0.5) is 0 Å². The van der Waals surface area contributed by atoms with Crippen LogP contribution in [0.1, 0.15) is 21.6 Å². The summed E-state index contributed by atoms with van der Waals surface area (Å²) in [6, 6.07) is 7.43. The summed E-state index contributed by atoms with van der Waals surface area (Å²) in [5.74, 6) is -0.0304. The minimum atomic E-state index is -0.0304. The van der Waals surface area contributed by atoms with Crippen LogP contribution < -0.4 is 5.32 Å². The lowest BCUT2D eigenvalue weighted by Crippen LogP contribution is -2.31. The monoisotopic (exact) mass is 211 g/mol. The summed E-state index contributed by atoms with van der Waals surface area (Å²) < 4.78 is 0. The Hall–Kier alpha value is -2.28. The van der Waals surface area contributed by atoms with Crippen LogP contribution in [-0.2, 0) is 6.42 Å². The molecule has 1 aliphatic heterocycles. The van der Waals surface area contributed by atoms with Crippen molar-refractivity contribution >= 4 is 16.8 Å². The number of carbonyl (C=O) groups is 1. The zero-order chi connectivity index (χ0) is 11.1. The van der Waals surface area contributed by atoms with Gasteiger partial charge in [-0.25, -0.2) is 0 Å². The number of rotatable bonds is 0. The molecule has 0 bridgehead atoms. The van der Waals surface area contributed by atoms with Crippen molar-refractivity contribution in [3.8, 4) is 6.07 Å². The summed E-state index contributed by atoms with van der Waals surface area (Å²) in [7, 11) is 0. The van der Waals surface area contributed by atoms with Gasteiger partial charge in [0.15, 0.2) is 0 Å². The molecule has 0 saturated heterocycles. The predicted molar refractivity (Wildman–Crippen MR) is 59.1 cm³/mol. The maximum Gasteiger partial charge on any atom is 0.253 e. The number of amides is 1. The Morgan fingerprint density at radius 1 is 1.38 bits per heavy atom. The largest absolute Gasteiger partial charge is 0.358 e. The summed E-state index contributed by atoms with van der Waals surface area (Å²) >= 11 is 0. The van der Waals surface area contributed by atoms with Crippen LogP contribution in [0.5, 0.6) is 0 Å². The molecule has 3 rings (SSSR count). The number of nitrogens with zero attached hydrogens (tertiary/aromatic N) is 1. The minimum absolute atomic E-state index is 0.0304. The Labute approximate surface area is 91.9 Å². The lowest BCUT2D eigenvalue weighted by molar-refractivity contribution is 0.0947. The second kappa shape index (κ2) is 3.11. The van der Waals surface area contributed by atoms with Gasteiger partial charge >= 0.3 is 0 Å². The Balaban J connectivity index is 2.33. The molecule has 1 amide bonds. The minimum Gasteiger partial charge on any atom is -0.358 e. The Morgan fingerprint density at radius 2 is 2.25 bits per heavy atom. The number of hydrogen-bond acceptors (Lipinski definition) is 2. The van der Waals surface area contributed by atoms with Crippen molar-refractivity contribution in [2.24, 2.45) is 0 Å². The van der Waals surface area contributed by atoms with Gasteiger partial charge in [0.2, 0.25) is 0 Å². The molecule has 0 spiro atoms. The number of benzene rings is 1. The maximum atomic E-state index is 11.7. The number of aromatic amines is 1. The first-order valence-corrected chi connectivity index (χ1v) is 5.12. The standard InChI is InChI=1S/C12H9N3O/c13-6-7-1-2-8-10(5-7)15-9-3-4-14-12(16)11(8)9/h1-2,5,15H,3-4H2,(H,14,16). The van der Waals surface area contributed by atoms with E-state index in [1.54, 1.807) is 12.1 Å². The molecule has 1 aromatic heterocycles. The van der Waals surface area contributed by atoms with Gasteiger partial charge in [0.1, 0.15) is 0 Å². The van der Waals surface area contributed by atoms with E-state index in [2.05, 4.69) is 16.4 Å². The Morgan fingerprint density at radius 3 is 3.06 bits per heavy atom. The first-order chi connectivity index (χ1) is 7.79. The van der Waals surface area contributed by atoms with Gasteiger partial charge in [-0.3, -0.25) is 4.79 Å². The number of H-pyrrole nitrogens is 1. The molecule has 0 saturated carbocycles. The zero-order valence-electron chi connectivity index (χ0n) is 8.50. The van der Waals surface area contributed by atoms with E-state index in [-0.39, 0.29) is 5.91 Å². The Kier molecular flexibility index (Phi) is 1.74. The molecule has 0 fully saturated rings. The third-order valence-corrected chi connectivity index (χ3v) is 2.89. The van der Waals surface area contributed by atoms with E-state index in [4.69, 9.17) is 5.26 Å². The first kappa shape index (κ1) is 8.98. The molecular weight excluding hydrogens is 202 g/mol. The number of carbonyl (C=O) groups excluding carboxylic acids is 1. The molecule has 4 nitrogen and oxygen atoms in total. The van der Waals surface area contributed by atoms with Crippen molar-refractivity contribution in [2.75, 3.05) is 6.54 Å². The van der Waals surface area contributed by atoms with E-state index in [1.165, 1.54) is 0 Å². The highest BCUT2D eigenvalue weighted by Gasteiger charge is 2.21. The quantitative estimate of drug-likeness (QED) is 0.690. The molecule has 16 heavy (non-hydrogen) atoms. The molecule has 0 atom stereocenters. The van der Waals surface area contributed by atoms with Crippen molar-refractivity contribution in [3.63, 3.8) is 0 Å². The van der Waals surface area contributed by atoms with Crippen LogP contribution >= 0.6 is 0 Å². The summed E-state index contributed by atoms with van der Waals surface area (Å²) in [6.07, 6.45) is 0.817. The molecule has 4 heteroatoms. The van der Waals surface area contributed by atoms with Gasteiger partial charge in [-0.2, -0.15) is 5.26 Å². The van der Waals surface area contributed by atoms with Gasteiger partial charge in [0.25, 0.3) is 5.91 Å². The molecule has 2 N–H and O–H groups in total. The third kappa shape index (κ3) is 1.12. The van der Waals surface area contributed by atoms with Crippen molar-refractivity contribution in [2.45, 2.75) is 6.42 Å². The van der Waals surface area contributed by atoms with E-state index in [1.807, 2.05) is 6.07 Å². The van der Waals surface area contributed by atoms with Gasteiger partial charge in [-0.1, -0.05) is 6.07 Å². The van der Waals surface area contributed by atoms with Gasteiger partial charge in [0.05, 0.1) is 17.2 Å². The third-order valence-electron chi connectivity index (χ3n) is 2.89. The van der Waals surface area contributed by atoms with Crippen molar-refractivity contribution in [1.29, 1.82) is 5.26 Å². The fraction of sp³-hybridized carbons (Fsp3) is 0.167. The molecule has 2 aromatic rings. The molecule has 1 aromatic carbocycles. The number of nitriles is 1. The van der Waals surface area contributed by atoms with E-state index in [0.29, 0.717) is 12.1 Å². The van der Waals surface area contributed by atoms with Crippen LogP contribution in [0.25, 0.3) is 10.9 Å². The van der Waals surface area contributed by atoms with E-state index < -0.39 is 0 Å². The Bertz CT molecular complexity index is 633. The molecule has 1 aliphatic rings. The van der Waals surface area contributed by atoms with Crippen molar-refractivity contribution in [3.05, 3.63) is 35.0 Å². The predicted octanol–water partition coefficient (Wildman–Crippen LogP) is 1.33. The molecule has 0 radical (unpaired) electrons. The van der Waals surface area contributed by atoms with Crippen LogP contribution in [0.2, 0.25) is 0 Å². The number of fused-ring (bicyclic) bond motifs is 3. The molecule has 2 heterocycles. The number of hydrogen-bond donors (Lipinski definition) is 2. The van der Waals surface area contributed by atoms with Crippen LogP contribution in [0.3, 0.4) is 0 Å². The lowest BCUT2D eigenvalue weighted by Gasteiger charge is -2.11. The number of nitrogens with one attached hydrogen (secondary N) is 2. The second-order valence-corrected chi connectivity index (χ2v) is 3.86. The fourth-order valence-electron chi connectivity index (χ4n) is 2.16. The van der Waals surface area contributed by atoms with E-state index in [9.17, 15) is 4.79 Å². The van der Waals surface area contributed by atoms with Crippen molar-refractivity contribution < 1.29 is 4.79 Å². The summed E-state index contributed by atoms with van der Waals surface area (Å²) in [5.41, 5.74) is 3.16. The van der Waals surface area contributed by atoms with E-state index >= 15 is 0 Å². The lowest BCUT2D eigenvalue weighted by atomic mass is 10.0. The topological polar surface area (TPSA) is 68.7 Å². The highest BCUT2D eigenvalue weighted by Crippen LogP contribution is 2.25. The van der Waals surface area contributed by atoms with Crippen LogP contribution in [-0.4, -0.2) is 17.4 Å². The average molecular weight is 211 g/mol. The smallest absolute Gasteiger partial charge is 0.253 e. The van der Waals surface area contributed by atoms with Gasteiger partial charge in [-0.05, 0) is 12.1 Å². The normalized spacial score (nSPS) is 14.3. The highest BCUT2D eigenvalue weighted by atomic mass is 16.1. The maximum absolute atomic E-state index is 11.7. The fourth-order valence-corrected chi connectivity index (χ4v) is 2.16. The molecule has 78 valence electrons. The molecule has 0 unspecified atom stereocenters. The van der Waals surface area contributed by atoms with Crippen molar-refractivity contribution in [1.82, 2.24) is 10.3 Å². The van der Waals surface area contributed by atoms with Crippen LogP contribution in [0.15, 0.2) is 18.2 Å². The summed E-state index contributed by atoms with van der Waals surface area (Å²) in [6.45, 7) is 0.670. The van der Waals surface area contributed by atoms with Crippen LogP contribution in [0, 0.1) is 11.3 Å². The number of aromatic nitrogens is 1. The van der Waals surface area contributed by atoms with Gasteiger partial charge in [0, 0.05) is 29.6 Å². The average Bonchev–Trinajstić information content (AvgIpc) is 2.67.